The van der Waals surface area contributed by atoms with E-state index in [-0.39, 0.29) is 18.4 Å². The van der Waals surface area contributed by atoms with E-state index in [1.54, 1.807) is 0 Å². The summed E-state index contributed by atoms with van der Waals surface area (Å²) in [6.07, 6.45) is 0.684. The lowest BCUT2D eigenvalue weighted by Gasteiger charge is -2.22. The van der Waals surface area contributed by atoms with Gasteiger partial charge in [0.05, 0.1) is 6.04 Å². The molecule has 1 aliphatic rings. The Kier molecular flexibility index (Phi) is 4.06. The number of rotatable bonds is 1. The molecule has 1 atom stereocenters. The highest BCUT2D eigenvalue weighted by Crippen LogP contribution is 2.20. The summed E-state index contributed by atoms with van der Waals surface area (Å²) in [5.41, 5.74) is 6.05. The summed E-state index contributed by atoms with van der Waals surface area (Å²) < 4.78 is 25.9. The van der Waals surface area contributed by atoms with Crippen LogP contribution in [-0.2, 0) is 0 Å². The first kappa shape index (κ1) is 12.7. The van der Waals surface area contributed by atoms with E-state index in [0.717, 1.165) is 6.07 Å². The lowest BCUT2D eigenvalue weighted by Crippen LogP contribution is -2.38. The number of aliphatic imine (C=N–C) groups is 1. The van der Waals surface area contributed by atoms with Gasteiger partial charge in [-0.25, -0.2) is 8.78 Å². The van der Waals surface area contributed by atoms with Crippen molar-refractivity contribution in [1.82, 2.24) is 5.32 Å². The third-order valence-electron chi connectivity index (χ3n) is 2.31. The molecular weight excluding hydrogens is 236 g/mol. The Morgan fingerprint density at radius 3 is 2.44 bits per heavy atom. The summed E-state index contributed by atoms with van der Waals surface area (Å²) in [5.74, 6) is -0.836. The maximum Gasteiger partial charge on any atom is 0.189 e. The molecule has 0 aliphatic carbocycles. The van der Waals surface area contributed by atoms with E-state index in [4.69, 9.17) is 5.73 Å². The van der Waals surface area contributed by atoms with Gasteiger partial charge in [0.2, 0.25) is 0 Å². The summed E-state index contributed by atoms with van der Waals surface area (Å²) >= 11 is 0. The van der Waals surface area contributed by atoms with E-state index in [0.29, 0.717) is 24.5 Å². The van der Waals surface area contributed by atoms with Gasteiger partial charge >= 0.3 is 0 Å². The van der Waals surface area contributed by atoms with Crippen molar-refractivity contribution in [2.24, 2.45) is 10.7 Å². The molecule has 6 heteroatoms. The fourth-order valence-electron chi connectivity index (χ4n) is 1.64. The Hall–Kier alpha value is -1.36. The molecule has 0 amide bonds. The molecule has 1 aromatic rings. The fraction of sp³-hybridized carbons (Fsp3) is 0.300. The van der Waals surface area contributed by atoms with E-state index in [1.807, 2.05) is 0 Å². The van der Waals surface area contributed by atoms with E-state index in [2.05, 4.69) is 10.3 Å². The molecular formula is C10H12ClF2N3. The van der Waals surface area contributed by atoms with Crippen molar-refractivity contribution in [2.45, 2.75) is 12.5 Å². The fourth-order valence-corrected chi connectivity index (χ4v) is 1.64. The van der Waals surface area contributed by atoms with Crippen LogP contribution in [0, 0.1) is 11.6 Å². The van der Waals surface area contributed by atoms with Gasteiger partial charge in [0, 0.05) is 12.6 Å². The molecule has 0 fully saturated rings. The van der Waals surface area contributed by atoms with Crippen molar-refractivity contribution in [2.75, 3.05) is 6.54 Å². The second-order valence-electron chi connectivity index (χ2n) is 3.46. The Balaban J connectivity index is 0.00000128. The number of nitrogens with two attached hydrogens (primary N) is 1. The average Bonchev–Trinajstić information content (AvgIpc) is 2.16. The van der Waals surface area contributed by atoms with Crippen LogP contribution in [0.25, 0.3) is 0 Å². The summed E-state index contributed by atoms with van der Waals surface area (Å²) in [7, 11) is 0. The molecule has 0 aromatic heterocycles. The summed E-state index contributed by atoms with van der Waals surface area (Å²) in [4.78, 5) is 3.95. The highest BCUT2D eigenvalue weighted by atomic mass is 35.5. The van der Waals surface area contributed by atoms with Crippen LogP contribution in [0.4, 0.5) is 8.78 Å². The van der Waals surface area contributed by atoms with Crippen molar-refractivity contribution >= 4 is 18.4 Å². The monoisotopic (exact) mass is 247 g/mol. The maximum atomic E-state index is 13.0. The molecule has 1 unspecified atom stereocenters. The lowest BCUT2D eigenvalue weighted by atomic mass is 10.0. The smallest absolute Gasteiger partial charge is 0.189 e. The van der Waals surface area contributed by atoms with Crippen molar-refractivity contribution in [3.8, 4) is 0 Å². The van der Waals surface area contributed by atoms with E-state index in [9.17, 15) is 8.78 Å². The largest absolute Gasteiger partial charge is 0.370 e. The molecule has 0 spiro atoms. The molecule has 1 heterocycles. The van der Waals surface area contributed by atoms with Gasteiger partial charge in [-0.15, -0.1) is 12.4 Å². The SMILES string of the molecule is Cl.NC1=NCCC(c2cc(F)cc(F)c2)N1. The lowest BCUT2D eigenvalue weighted by molar-refractivity contribution is 0.541. The number of hydrogen-bond acceptors (Lipinski definition) is 3. The van der Waals surface area contributed by atoms with Gasteiger partial charge in [-0.2, -0.15) is 0 Å². The van der Waals surface area contributed by atoms with Gasteiger partial charge in [-0.1, -0.05) is 0 Å². The van der Waals surface area contributed by atoms with Gasteiger partial charge in [-0.05, 0) is 24.1 Å². The van der Waals surface area contributed by atoms with Crippen LogP contribution in [0.15, 0.2) is 23.2 Å². The van der Waals surface area contributed by atoms with Crippen LogP contribution in [0.2, 0.25) is 0 Å². The zero-order valence-electron chi connectivity index (χ0n) is 8.41. The zero-order chi connectivity index (χ0) is 10.8. The molecule has 1 aromatic carbocycles. The zero-order valence-corrected chi connectivity index (χ0v) is 9.23. The van der Waals surface area contributed by atoms with Crippen LogP contribution in [-0.4, -0.2) is 12.5 Å². The van der Waals surface area contributed by atoms with Gasteiger partial charge in [0.1, 0.15) is 11.6 Å². The first-order valence-corrected chi connectivity index (χ1v) is 4.67. The minimum Gasteiger partial charge on any atom is -0.370 e. The minimum atomic E-state index is -0.576. The molecule has 0 saturated heterocycles. The highest BCUT2D eigenvalue weighted by molar-refractivity contribution is 5.85. The molecule has 3 N–H and O–H groups in total. The van der Waals surface area contributed by atoms with Gasteiger partial charge in [0.25, 0.3) is 0 Å². The highest BCUT2D eigenvalue weighted by Gasteiger charge is 2.16. The molecule has 0 saturated carbocycles. The molecule has 16 heavy (non-hydrogen) atoms. The summed E-state index contributed by atoms with van der Waals surface area (Å²) in [5, 5.41) is 2.88. The van der Waals surface area contributed by atoms with Crippen molar-refractivity contribution in [3.05, 3.63) is 35.4 Å². The predicted molar refractivity (Wildman–Crippen MR) is 60.6 cm³/mol. The number of guanidine groups is 1. The third-order valence-corrected chi connectivity index (χ3v) is 2.31. The van der Waals surface area contributed by atoms with Crippen LogP contribution in [0.1, 0.15) is 18.0 Å². The Morgan fingerprint density at radius 1 is 1.25 bits per heavy atom. The number of nitrogens with zero attached hydrogens (tertiary/aromatic N) is 1. The van der Waals surface area contributed by atoms with Gasteiger partial charge in [0.15, 0.2) is 5.96 Å². The molecule has 88 valence electrons. The number of halogens is 3. The normalized spacial score (nSPS) is 19.4. The molecule has 2 rings (SSSR count). The Morgan fingerprint density at radius 2 is 1.88 bits per heavy atom. The maximum absolute atomic E-state index is 13.0. The van der Waals surface area contributed by atoms with Crippen LogP contribution < -0.4 is 11.1 Å². The Bertz CT molecular complexity index is 389. The van der Waals surface area contributed by atoms with Crippen molar-refractivity contribution in [1.29, 1.82) is 0 Å². The molecule has 3 nitrogen and oxygen atoms in total. The summed E-state index contributed by atoms with van der Waals surface area (Å²) in [6.45, 7) is 0.571. The Labute approximate surface area is 98.2 Å². The van der Waals surface area contributed by atoms with E-state index >= 15 is 0 Å². The van der Waals surface area contributed by atoms with E-state index < -0.39 is 11.6 Å². The standard InChI is InChI=1S/C10H11F2N3.ClH/c11-7-3-6(4-8(12)5-7)9-1-2-14-10(13)15-9;/h3-5,9H,1-2H2,(H3,13,14,15);1H. The minimum absolute atomic E-state index is 0. The number of benzene rings is 1. The van der Waals surface area contributed by atoms with Crippen LogP contribution in [0.3, 0.4) is 0 Å². The topological polar surface area (TPSA) is 50.4 Å². The average molecular weight is 248 g/mol. The van der Waals surface area contributed by atoms with E-state index in [1.165, 1.54) is 12.1 Å². The first-order chi connectivity index (χ1) is 7.15. The second kappa shape index (κ2) is 5.12. The molecule has 0 radical (unpaired) electrons. The van der Waals surface area contributed by atoms with Gasteiger partial charge in [-0.3, -0.25) is 4.99 Å². The van der Waals surface area contributed by atoms with Crippen LogP contribution in [0.5, 0.6) is 0 Å². The van der Waals surface area contributed by atoms with Crippen LogP contribution >= 0.6 is 12.4 Å². The third kappa shape index (κ3) is 2.82. The molecule has 1 aliphatic heterocycles. The van der Waals surface area contributed by atoms with Crippen molar-refractivity contribution < 1.29 is 8.78 Å². The summed E-state index contributed by atoms with van der Waals surface area (Å²) in [6, 6.07) is 3.30. The number of nitrogens with one attached hydrogen (secondary N) is 1. The second-order valence-corrected chi connectivity index (χ2v) is 3.46. The molecule has 0 bridgehead atoms. The first-order valence-electron chi connectivity index (χ1n) is 4.67. The number of hydrogen-bond donors (Lipinski definition) is 2. The predicted octanol–water partition coefficient (Wildman–Crippen LogP) is 1.74. The quantitative estimate of drug-likeness (QED) is 0.794. The van der Waals surface area contributed by atoms with Gasteiger partial charge < -0.3 is 11.1 Å². The van der Waals surface area contributed by atoms with Crippen molar-refractivity contribution in [3.63, 3.8) is 0 Å².